The van der Waals surface area contributed by atoms with Crippen LogP contribution in [0.25, 0.3) is 4.85 Å². The molecule has 1 aliphatic heterocycles. The van der Waals surface area contributed by atoms with Crippen molar-refractivity contribution in [2.45, 2.75) is 24.8 Å². The molecule has 0 spiro atoms. The van der Waals surface area contributed by atoms with Crippen LogP contribution < -0.4 is 11.2 Å². The molecule has 3 atom stereocenters. The van der Waals surface area contributed by atoms with Crippen LogP contribution in [-0.4, -0.2) is 33.4 Å². The van der Waals surface area contributed by atoms with Gasteiger partial charge in [-0.3, -0.25) is 14.3 Å². The molecule has 0 radical (unpaired) electrons. The van der Waals surface area contributed by atoms with Gasteiger partial charge in [0.2, 0.25) is 0 Å². The Labute approximate surface area is 96.1 Å². The summed E-state index contributed by atoms with van der Waals surface area (Å²) in [6.45, 7) is 6.70. The summed E-state index contributed by atoms with van der Waals surface area (Å²) in [6, 6.07) is 0.744. The summed E-state index contributed by atoms with van der Waals surface area (Å²) in [4.78, 5) is 27.9. The Kier molecular flexibility index (Phi) is 3.08. The fourth-order valence-corrected chi connectivity index (χ4v) is 1.84. The number of aromatic nitrogens is 2. The van der Waals surface area contributed by atoms with Gasteiger partial charge in [-0.2, -0.15) is 0 Å². The topological polar surface area (TPSA) is 88.7 Å². The second kappa shape index (κ2) is 4.53. The fourth-order valence-electron chi connectivity index (χ4n) is 1.84. The number of hydrogen-bond donors (Lipinski definition) is 2. The van der Waals surface area contributed by atoms with Crippen LogP contribution in [0.3, 0.4) is 0 Å². The third-order valence-electron chi connectivity index (χ3n) is 2.71. The number of nitrogens with one attached hydrogen (secondary N) is 1. The van der Waals surface area contributed by atoms with E-state index in [-0.39, 0.29) is 6.61 Å². The molecule has 90 valence electrons. The predicted octanol–water partition coefficient (Wildman–Crippen LogP) is -0.896. The van der Waals surface area contributed by atoms with Gasteiger partial charge in [-0.15, -0.1) is 0 Å². The molecule has 0 aliphatic carbocycles. The number of hydrogen-bond acceptors (Lipinski definition) is 4. The van der Waals surface area contributed by atoms with E-state index in [4.69, 9.17) is 16.4 Å². The Balaban J connectivity index is 2.29. The molecule has 0 saturated carbocycles. The van der Waals surface area contributed by atoms with Crippen LogP contribution in [0, 0.1) is 6.57 Å². The number of aliphatic hydroxyl groups is 1. The highest BCUT2D eigenvalue weighted by atomic mass is 16.5. The van der Waals surface area contributed by atoms with Crippen LogP contribution in [-0.2, 0) is 4.74 Å². The normalized spacial score (nSPS) is 27.9. The standard InChI is InChI=1S/C10H11N3O4/c1-11-6-4-9(17-7(6)5-14)13-3-2-8(15)12-10(13)16/h2-3,6-7,9,14H,4-5H2,(H,12,15,16)/t6-,7+,9+/m0/s1. The van der Waals surface area contributed by atoms with Gasteiger partial charge < -0.3 is 14.7 Å². The van der Waals surface area contributed by atoms with Gasteiger partial charge in [0, 0.05) is 12.3 Å². The molecular weight excluding hydrogens is 226 g/mol. The van der Waals surface area contributed by atoms with E-state index < -0.39 is 29.6 Å². The molecule has 1 fully saturated rings. The van der Waals surface area contributed by atoms with Crippen LogP contribution in [0.4, 0.5) is 0 Å². The molecule has 1 aromatic heterocycles. The summed E-state index contributed by atoms with van der Waals surface area (Å²) in [6.07, 6.45) is 0.444. The van der Waals surface area contributed by atoms with Crippen LogP contribution in [0.15, 0.2) is 21.9 Å². The van der Waals surface area contributed by atoms with Crippen molar-refractivity contribution in [3.8, 4) is 0 Å². The lowest BCUT2D eigenvalue weighted by Gasteiger charge is -2.12. The van der Waals surface area contributed by atoms with E-state index in [0.29, 0.717) is 6.42 Å². The van der Waals surface area contributed by atoms with Crippen molar-refractivity contribution in [1.29, 1.82) is 0 Å². The van der Waals surface area contributed by atoms with Crippen molar-refractivity contribution in [2.24, 2.45) is 0 Å². The molecular formula is C10H11N3O4. The van der Waals surface area contributed by atoms with Gasteiger partial charge in [-0.05, 0) is 0 Å². The maximum absolute atomic E-state index is 11.5. The molecule has 2 N–H and O–H groups in total. The summed E-state index contributed by atoms with van der Waals surface area (Å²) in [5.74, 6) is 0. The summed E-state index contributed by atoms with van der Waals surface area (Å²) in [7, 11) is 0. The summed E-state index contributed by atoms with van der Waals surface area (Å²) in [5, 5.41) is 9.03. The average Bonchev–Trinajstić information content (AvgIpc) is 2.72. The zero-order chi connectivity index (χ0) is 12.4. The van der Waals surface area contributed by atoms with E-state index in [1.165, 1.54) is 16.8 Å². The molecule has 2 heterocycles. The molecule has 7 nitrogen and oxygen atoms in total. The van der Waals surface area contributed by atoms with Crippen molar-refractivity contribution >= 4 is 0 Å². The number of H-pyrrole nitrogens is 1. The maximum atomic E-state index is 11.5. The van der Waals surface area contributed by atoms with E-state index in [2.05, 4.69) is 9.83 Å². The number of rotatable bonds is 2. The lowest BCUT2D eigenvalue weighted by atomic mass is 10.1. The van der Waals surface area contributed by atoms with E-state index in [1.807, 2.05) is 0 Å². The molecule has 1 aliphatic rings. The molecule has 0 aromatic carbocycles. The van der Waals surface area contributed by atoms with E-state index in [9.17, 15) is 9.59 Å². The Morgan fingerprint density at radius 2 is 2.41 bits per heavy atom. The largest absolute Gasteiger partial charge is 0.393 e. The van der Waals surface area contributed by atoms with E-state index in [0.717, 1.165) is 0 Å². The lowest BCUT2D eigenvalue weighted by molar-refractivity contribution is -0.0254. The summed E-state index contributed by atoms with van der Waals surface area (Å²) >= 11 is 0. The van der Waals surface area contributed by atoms with Crippen molar-refractivity contribution in [1.82, 2.24) is 9.55 Å². The predicted molar refractivity (Wildman–Crippen MR) is 57.3 cm³/mol. The lowest BCUT2D eigenvalue weighted by Crippen LogP contribution is -2.31. The molecule has 17 heavy (non-hydrogen) atoms. The van der Waals surface area contributed by atoms with Gasteiger partial charge in [0.15, 0.2) is 6.10 Å². The maximum Gasteiger partial charge on any atom is 0.330 e. The first kappa shape index (κ1) is 11.6. The van der Waals surface area contributed by atoms with Gasteiger partial charge >= 0.3 is 5.69 Å². The molecule has 0 amide bonds. The number of ether oxygens (including phenoxy) is 1. The van der Waals surface area contributed by atoms with Crippen LogP contribution in [0.2, 0.25) is 0 Å². The minimum atomic E-state index is -0.615. The van der Waals surface area contributed by atoms with E-state index in [1.54, 1.807) is 0 Å². The average molecular weight is 237 g/mol. The van der Waals surface area contributed by atoms with Crippen molar-refractivity contribution in [2.75, 3.05) is 6.61 Å². The first-order chi connectivity index (χ1) is 8.15. The minimum Gasteiger partial charge on any atom is -0.393 e. The highest BCUT2D eigenvalue weighted by Crippen LogP contribution is 2.29. The van der Waals surface area contributed by atoms with Crippen molar-refractivity contribution in [3.05, 3.63) is 44.5 Å². The van der Waals surface area contributed by atoms with Gasteiger partial charge in [-0.1, -0.05) is 0 Å². The van der Waals surface area contributed by atoms with Crippen molar-refractivity contribution < 1.29 is 9.84 Å². The Hall–Kier alpha value is -1.91. The van der Waals surface area contributed by atoms with Crippen LogP contribution in [0.1, 0.15) is 12.6 Å². The number of nitrogens with zero attached hydrogens (tertiary/aromatic N) is 2. The van der Waals surface area contributed by atoms with Gasteiger partial charge in [0.25, 0.3) is 11.6 Å². The van der Waals surface area contributed by atoms with Gasteiger partial charge in [0.05, 0.1) is 13.0 Å². The molecule has 1 aromatic rings. The third kappa shape index (κ3) is 2.13. The van der Waals surface area contributed by atoms with Gasteiger partial charge in [-0.25, -0.2) is 11.4 Å². The van der Waals surface area contributed by atoms with E-state index >= 15 is 0 Å². The first-order valence-electron chi connectivity index (χ1n) is 5.10. The Morgan fingerprint density at radius 3 is 2.94 bits per heavy atom. The second-order valence-corrected chi connectivity index (χ2v) is 3.76. The van der Waals surface area contributed by atoms with Gasteiger partial charge in [0.1, 0.15) is 6.23 Å². The smallest absolute Gasteiger partial charge is 0.330 e. The molecule has 0 bridgehead atoms. The molecule has 7 heteroatoms. The highest BCUT2D eigenvalue weighted by molar-refractivity contribution is 4.95. The minimum absolute atomic E-state index is 0.262. The first-order valence-corrected chi connectivity index (χ1v) is 5.10. The highest BCUT2D eigenvalue weighted by Gasteiger charge is 2.40. The number of aliphatic hydroxyl groups excluding tert-OH is 1. The monoisotopic (exact) mass is 237 g/mol. The number of aromatic amines is 1. The van der Waals surface area contributed by atoms with Crippen LogP contribution >= 0.6 is 0 Å². The molecule has 0 unspecified atom stereocenters. The summed E-state index contributed by atoms with van der Waals surface area (Å²) in [5.41, 5.74) is -1.06. The molecule has 2 rings (SSSR count). The fraction of sp³-hybridized carbons (Fsp3) is 0.500. The molecule has 1 saturated heterocycles. The Bertz CT molecular complexity index is 556. The third-order valence-corrected chi connectivity index (χ3v) is 2.71. The Morgan fingerprint density at radius 1 is 1.65 bits per heavy atom. The van der Waals surface area contributed by atoms with Crippen molar-refractivity contribution in [3.63, 3.8) is 0 Å². The summed E-state index contributed by atoms with van der Waals surface area (Å²) < 4.78 is 6.62. The SMILES string of the molecule is [C-]#[N+][C@H]1C[C@H](n2ccc(=O)[nH]c2=O)O[C@@H]1CO. The second-order valence-electron chi connectivity index (χ2n) is 3.76. The quantitative estimate of drug-likeness (QED) is 0.653. The zero-order valence-electron chi connectivity index (χ0n) is 8.87. The zero-order valence-corrected chi connectivity index (χ0v) is 8.87. The van der Waals surface area contributed by atoms with Crippen LogP contribution in [0.5, 0.6) is 0 Å².